The first-order chi connectivity index (χ1) is 10.6. The number of phenols is 2. The smallest absolute Gasteiger partial charge is 0.206 e. The van der Waals surface area contributed by atoms with Gasteiger partial charge in [-0.15, -0.1) is 0 Å². The Hall–Kier alpha value is -2.53. The first kappa shape index (κ1) is 16.8. The van der Waals surface area contributed by atoms with Gasteiger partial charge in [0, 0.05) is 11.1 Å². The summed E-state index contributed by atoms with van der Waals surface area (Å²) >= 11 is 0. The third kappa shape index (κ3) is 3.14. The highest BCUT2D eigenvalue weighted by Crippen LogP contribution is 2.32. The Balaban J connectivity index is 2.64. The molecule has 0 radical (unpaired) electrons. The number of allylic oxidation sites excluding steroid dienone is 2. The fraction of sp³-hybridized carbons (Fsp3) is 0.111. The fourth-order valence-electron chi connectivity index (χ4n) is 2.18. The molecule has 0 aliphatic heterocycles. The van der Waals surface area contributed by atoms with E-state index < -0.39 is 9.84 Å². The van der Waals surface area contributed by atoms with Crippen molar-refractivity contribution in [3.8, 4) is 11.5 Å². The number of hydrogen-bond acceptors (Lipinski definition) is 4. The van der Waals surface area contributed by atoms with E-state index in [2.05, 4.69) is 13.2 Å². The molecule has 23 heavy (non-hydrogen) atoms. The monoisotopic (exact) mass is 330 g/mol. The molecule has 2 rings (SSSR count). The van der Waals surface area contributed by atoms with Crippen LogP contribution in [0.3, 0.4) is 0 Å². The summed E-state index contributed by atoms with van der Waals surface area (Å²) in [7, 11) is -3.79. The number of rotatable bonds is 4. The van der Waals surface area contributed by atoms with Crippen LogP contribution in [0.15, 0.2) is 59.3 Å². The number of benzene rings is 2. The Bertz CT molecular complexity index is 839. The van der Waals surface area contributed by atoms with Crippen molar-refractivity contribution < 1.29 is 18.6 Å². The molecule has 0 atom stereocenters. The number of phenolic OH excluding ortho intramolecular Hbond substituents is 2. The zero-order chi connectivity index (χ0) is 17.4. The van der Waals surface area contributed by atoms with Crippen LogP contribution in [0.1, 0.15) is 25.0 Å². The van der Waals surface area contributed by atoms with Crippen molar-refractivity contribution in [1.29, 1.82) is 0 Å². The highest BCUT2D eigenvalue weighted by atomic mass is 32.2. The highest BCUT2D eigenvalue weighted by Gasteiger charge is 2.21. The third-order valence-electron chi connectivity index (χ3n) is 3.48. The van der Waals surface area contributed by atoms with Crippen molar-refractivity contribution in [2.45, 2.75) is 23.6 Å². The van der Waals surface area contributed by atoms with Crippen LogP contribution in [-0.4, -0.2) is 18.6 Å². The van der Waals surface area contributed by atoms with Crippen LogP contribution in [0.25, 0.3) is 11.1 Å². The van der Waals surface area contributed by atoms with Crippen molar-refractivity contribution in [2.75, 3.05) is 0 Å². The van der Waals surface area contributed by atoms with E-state index in [9.17, 15) is 18.6 Å². The number of sulfone groups is 1. The van der Waals surface area contributed by atoms with Crippen LogP contribution in [-0.2, 0) is 9.84 Å². The lowest BCUT2D eigenvalue weighted by molar-refractivity contribution is 0.472. The summed E-state index contributed by atoms with van der Waals surface area (Å²) in [6.45, 7) is 10.8. The molecule has 2 N–H and O–H groups in total. The second-order valence-corrected chi connectivity index (χ2v) is 7.37. The van der Waals surface area contributed by atoms with Gasteiger partial charge in [0.05, 0.1) is 9.79 Å². The largest absolute Gasteiger partial charge is 0.507 e. The third-order valence-corrected chi connectivity index (χ3v) is 5.23. The van der Waals surface area contributed by atoms with E-state index >= 15 is 0 Å². The van der Waals surface area contributed by atoms with Crippen molar-refractivity contribution in [2.24, 2.45) is 0 Å². The molecule has 0 fully saturated rings. The van der Waals surface area contributed by atoms with E-state index in [-0.39, 0.29) is 21.3 Å². The van der Waals surface area contributed by atoms with Crippen molar-refractivity contribution in [3.63, 3.8) is 0 Å². The van der Waals surface area contributed by atoms with Gasteiger partial charge in [-0.2, -0.15) is 0 Å². The van der Waals surface area contributed by atoms with Crippen molar-refractivity contribution >= 4 is 21.0 Å². The molecule has 0 aliphatic carbocycles. The van der Waals surface area contributed by atoms with Gasteiger partial charge in [0.15, 0.2) is 0 Å². The van der Waals surface area contributed by atoms with Gasteiger partial charge in [-0.25, -0.2) is 8.42 Å². The molecule has 0 aliphatic rings. The molecule has 2 aromatic carbocycles. The second-order valence-electron chi connectivity index (χ2n) is 5.42. The quantitative estimate of drug-likeness (QED) is 0.888. The minimum atomic E-state index is -3.79. The Morgan fingerprint density at radius 2 is 1.17 bits per heavy atom. The molecular formula is C18H18O4S. The summed E-state index contributed by atoms with van der Waals surface area (Å²) < 4.78 is 25.6. The van der Waals surface area contributed by atoms with Crippen molar-refractivity contribution in [1.82, 2.24) is 0 Å². The standard InChI is InChI=1S/C18H18O4S/c1-11(2)15-9-13(5-7-17(15)19)23(21,22)14-6-8-18(20)16(10-14)12(3)4/h5-10,19-20H,1,3H2,2,4H3. The zero-order valence-electron chi connectivity index (χ0n) is 13.0. The van der Waals surface area contributed by atoms with Gasteiger partial charge < -0.3 is 10.2 Å². The molecule has 120 valence electrons. The topological polar surface area (TPSA) is 74.6 Å². The van der Waals surface area contributed by atoms with Crippen LogP contribution >= 0.6 is 0 Å². The average Bonchev–Trinajstić information content (AvgIpc) is 2.47. The predicted octanol–water partition coefficient (Wildman–Crippen LogP) is 4.00. The van der Waals surface area contributed by atoms with Gasteiger partial charge in [0.2, 0.25) is 9.84 Å². The fourth-order valence-corrected chi connectivity index (χ4v) is 3.50. The summed E-state index contributed by atoms with van der Waals surface area (Å²) in [5.74, 6) is -0.0467. The van der Waals surface area contributed by atoms with E-state index in [4.69, 9.17) is 0 Å². The summed E-state index contributed by atoms with van der Waals surface area (Å²) in [5, 5.41) is 19.6. The normalized spacial score (nSPS) is 11.2. The van der Waals surface area contributed by atoms with Gasteiger partial charge >= 0.3 is 0 Å². The van der Waals surface area contributed by atoms with E-state index in [0.29, 0.717) is 22.3 Å². The summed E-state index contributed by atoms with van der Waals surface area (Å²) in [6, 6.07) is 8.11. The minimum Gasteiger partial charge on any atom is -0.507 e. The summed E-state index contributed by atoms with van der Waals surface area (Å²) in [5.41, 5.74) is 1.88. The first-order valence-electron chi connectivity index (χ1n) is 6.87. The summed E-state index contributed by atoms with van der Waals surface area (Å²) in [4.78, 5) is 0.0957. The lowest BCUT2D eigenvalue weighted by Gasteiger charge is -2.11. The molecule has 2 aromatic rings. The van der Waals surface area contributed by atoms with E-state index in [1.165, 1.54) is 36.4 Å². The molecule has 0 amide bonds. The summed E-state index contributed by atoms with van der Waals surface area (Å²) in [6.07, 6.45) is 0. The molecule has 0 saturated carbocycles. The van der Waals surface area contributed by atoms with E-state index in [1.54, 1.807) is 13.8 Å². The van der Waals surface area contributed by atoms with Gasteiger partial charge in [0.25, 0.3) is 0 Å². The Morgan fingerprint density at radius 3 is 1.48 bits per heavy atom. The number of aromatic hydroxyl groups is 2. The molecule has 0 aromatic heterocycles. The molecule has 0 bridgehead atoms. The molecule has 0 saturated heterocycles. The van der Waals surface area contributed by atoms with Gasteiger partial charge in [0.1, 0.15) is 11.5 Å². The van der Waals surface area contributed by atoms with Gasteiger partial charge in [-0.1, -0.05) is 13.2 Å². The molecule has 5 heteroatoms. The van der Waals surface area contributed by atoms with Crippen molar-refractivity contribution in [3.05, 3.63) is 60.7 Å². The second kappa shape index (κ2) is 5.93. The first-order valence-corrected chi connectivity index (χ1v) is 8.36. The van der Waals surface area contributed by atoms with E-state index in [1.807, 2.05) is 0 Å². The maximum atomic E-state index is 12.8. The molecular weight excluding hydrogens is 312 g/mol. The van der Waals surface area contributed by atoms with Gasteiger partial charge in [-0.3, -0.25) is 0 Å². The molecule has 0 unspecified atom stereocenters. The Kier molecular flexibility index (Phi) is 4.34. The Morgan fingerprint density at radius 1 is 0.826 bits per heavy atom. The van der Waals surface area contributed by atoms with Crippen LogP contribution in [0, 0.1) is 0 Å². The lowest BCUT2D eigenvalue weighted by Crippen LogP contribution is -2.03. The zero-order valence-corrected chi connectivity index (χ0v) is 13.8. The predicted molar refractivity (Wildman–Crippen MR) is 91.1 cm³/mol. The molecule has 0 spiro atoms. The minimum absolute atomic E-state index is 0.0234. The Labute approximate surface area is 136 Å². The molecule has 4 nitrogen and oxygen atoms in total. The van der Waals surface area contributed by atoms with Crippen LogP contribution in [0.4, 0.5) is 0 Å². The SMILES string of the molecule is C=C(C)c1cc(S(=O)(=O)c2ccc(O)c(C(=C)C)c2)ccc1O. The van der Waals surface area contributed by atoms with Crippen LogP contribution in [0.2, 0.25) is 0 Å². The molecule has 0 heterocycles. The van der Waals surface area contributed by atoms with E-state index in [0.717, 1.165) is 0 Å². The van der Waals surface area contributed by atoms with Crippen LogP contribution in [0.5, 0.6) is 11.5 Å². The highest BCUT2D eigenvalue weighted by molar-refractivity contribution is 7.91. The maximum Gasteiger partial charge on any atom is 0.206 e. The lowest BCUT2D eigenvalue weighted by atomic mass is 10.1. The average molecular weight is 330 g/mol. The number of hydrogen-bond donors (Lipinski definition) is 2. The van der Waals surface area contributed by atoms with Gasteiger partial charge in [-0.05, 0) is 61.4 Å². The maximum absolute atomic E-state index is 12.8. The van der Waals surface area contributed by atoms with Crippen LogP contribution < -0.4 is 0 Å².